The van der Waals surface area contributed by atoms with Crippen LogP contribution in [0.15, 0.2) is 6.20 Å². The molecule has 0 spiro atoms. The van der Waals surface area contributed by atoms with E-state index in [0.717, 1.165) is 18.1 Å². The van der Waals surface area contributed by atoms with E-state index < -0.39 is 6.10 Å². The van der Waals surface area contributed by atoms with Crippen LogP contribution in [-0.2, 0) is 0 Å². The van der Waals surface area contributed by atoms with Gasteiger partial charge in [-0.15, -0.1) is 4.37 Å². The third kappa shape index (κ3) is 3.37. The highest BCUT2D eigenvalue weighted by Crippen LogP contribution is 2.34. The van der Waals surface area contributed by atoms with Gasteiger partial charge in [0.25, 0.3) is 0 Å². The average Bonchev–Trinajstić information content (AvgIpc) is 2.78. The van der Waals surface area contributed by atoms with E-state index in [1.165, 1.54) is 19.3 Å². The standard InChI is InChI=1S/C11H19N3O2S/c1-2-11(4-3-5-11)12-6-9(15)8-16-10-7-13-17-14-10/h7,9,12,15H,2-6,8H2,1H3. The van der Waals surface area contributed by atoms with E-state index >= 15 is 0 Å². The number of nitrogens with zero attached hydrogens (tertiary/aromatic N) is 2. The maximum atomic E-state index is 9.79. The lowest BCUT2D eigenvalue weighted by molar-refractivity contribution is 0.0798. The van der Waals surface area contributed by atoms with Crippen LogP contribution in [0.3, 0.4) is 0 Å². The molecule has 0 bridgehead atoms. The zero-order chi connectivity index (χ0) is 12.1. The highest BCUT2D eigenvalue weighted by atomic mass is 32.1. The summed E-state index contributed by atoms with van der Waals surface area (Å²) in [4.78, 5) is 0. The Morgan fingerprint density at radius 2 is 2.47 bits per heavy atom. The Bertz CT molecular complexity index is 322. The highest BCUT2D eigenvalue weighted by molar-refractivity contribution is 6.99. The summed E-state index contributed by atoms with van der Waals surface area (Å²) < 4.78 is 13.1. The molecule has 1 saturated carbocycles. The normalized spacial score (nSPS) is 19.6. The van der Waals surface area contributed by atoms with Crippen LogP contribution in [0.5, 0.6) is 5.88 Å². The van der Waals surface area contributed by atoms with Gasteiger partial charge in [0.1, 0.15) is 18.9 Å². The van der Waals surface area contributed by atoms with E-state index in [1.54, 1.807) is 6.20 Å². The Labute approximate surface area is 106 Å². The van der Waals surface area contributed by atoms with E-state index in [4.69, 9.17) is 4.74 Å². The molecule has 5 nitrogen and oxygen atoms in total. The molecule has 1 aromatic rings. The summed E-state index contributed by atoms with van der Waals surface area (Å²) in [6, 6.07) is 0. The molecule has 1 aliphatic rings. The molecule has 1 atom stereocenters. The minimum atomic E-state index is -0.499. The number of hydrogen-bond acceptors (Lipinski definition) is 6. The van der Waals surface area contributed by atoms with Gasteiger partial charge in [-0.3, -0.25) is 0 Å². The molecule has 0 radical (unpaired) electrons. The molecule has 2 rings (SSSR count). The lowest BCUT2D eigenvalue weighted by atomic mass is 9.75. The van der Waals surface area contributed by atoms with E-state index in [9.17, 15) is 5.11 Å². The minimum absolute atomic E-state index is 0.262. The van der Waals surface area contributed by atoms with Gasteiger partial charge < -0.3 is 15.2 Å². The van der Waals surface area contributed by atoms with Crippen molar-refractivity contribution < 1.29 is 9.84 Å². The smallest absolute Gasteiger partial charge is 0.245 e. The maximum Gasteiger partial charge on any atom is 0.245 e. The Morgan fingerprint density at radius 3 is 3.00 bits per heavy atom. The van der Waals surface area contributed by atoms with Crippen LogP contribution >= 0.6 is 11.7 Å². The van der Waals surface area contributed by atoms with E-state index in [2.05, 4.69) is 21.0 Å². The first-order valence-corrected chi connectivity index (χ1v) is 6.80. The number of aromatic nitrogens is 2. The number of nitrogens with one attached hydrogen (secondary N) is 1. The zero-order valence-corrected chi connectivity index (χ0v) is 10.9. The Hall–Kier alpha value is -0.720. The SMILES string of the molecule is CCC1(NCC(O)COc2cnsn2)CCC1. The molecular formula is C11H19N3O2S. The van der Waals surface area contributed by atoms with Crippen LogP contribution in [-0.4, -0.2) is 38.6 Å². The average molecular weight is 257 g/mol. The molecule has 96 valence electrons. The number of rotatable bonds is 7. The third-order valence-electron chi connectivity index (χ3n) is 3.46. The van der Waals surface area contributed by atoms with Crippen molar-refractivity contribution in [3.63, 3.8) is 0 Å². The molecular weight excluding hydrogens is 238 g/mol. The molecule has 0 amide bonds. The molecule has 1 aliphatic carbocycles. The van der Waals surface area contributed by atoms with Gasteiger partial charge in [-0.2, -0.15) is 4.37 Å². The van der Waals surface area contributed by atoms with Crippen molar-refractivity contribution in [2.75, 3.05) is 13.2 Å². The lowest BCUT2D eigenvalue weighted by Gasteiger charge is -2.42. The molecule has 1 fully saturated rings. The molecule has 6 heteroatoms. The van der Waals surface area contributed by atoms with Crippen molar-refractivity contribution in [3.05, 3.63) is 6.20 Å². The summed E-state index contributed by atoms with van der Waals surface area (Å²) in [6.07, 6.45) is 5.90. The summed E-state index contributed by atoms with van der Waals surface area (Å²) in [6.45, 7) is 3.03. The Kier molecular flexibility index (Phi) is 4.31. The summed E-state index contributed by atoms with van der Waals surface area (Å²) in [5.74, 6) is 0.489. The first-order chi connectivity index (χ1) is 8.24. The highest BCUT2D eigenvalue weighted by Gasteiger charge is 2.34. The van der Waals surface area contributed by atoms with Crippen LogP contribution in [0.1, 0.15) is 32.6 Å². The molecule has 0 aliphatic heterocycles. The fourth-order valence-corrected chi connectivity index (χ4v) is 2.42. The topological polar surface area (TPSA) is 67.3 Å². The van der Waals surface area contributed by atoms with Crippen molar-refractivity contribution in [2.45, 2.75) is 44.2 Å². The molecule has 1 aromatic heterocycles. The summed E-state index contributed by atoms with van der Waals surface area (Å²) in [5, 5.41) is 13.2. The van der Waals surface area contributed by atoms with Crippen molar-refractivity contribution in [1.29, 1.82) is 0 Å². The minimum Gasteiger partial charge on any atom is -0.473 e. The summed E-state index contributed by atoms with van der Waals surface area (Å²) >= 11 is 1.10. The largest absolute Gasteiger partial charge is 0.473 e. The number of hydrogen-bond donors (Lipinski definition) is 2. The predicted octanol–water partition coefficient (Wildman–Crippen LogP) is 1.20. The molecule has 1 heterocycles. The zero-order valence-electron chi connectivity index (χ0n) is 10.1. The number of ether oxygens (including phenoxy) is 1. The van der Waals surface area contributed by atoms with Crippen LogP contribution in [0.2, 0.25) is 0 Å². The van der Waals surface area contributed by atoms with E-state index in [-0.39, 0.29) is 12.1 Å². The summed E-state index contributed by atoms with van der Waals surface area (Å²) in [5.41, 5.74) is 0.267. The van der Waals surface area contributed by atoms with Crippen LogP contribution < -0.4 is 10.1 Å². The van der Waals surface area contributed by atoms with Crippen LogP contribution in [0.25, 0.3) is 0 Å². The second-order valence-corrected chi connectivity index (χ2v) is 5.14. The molecule has 0 saturated heterocycles. The van der Waals surface area contributed by atoms with Gasteiger partial charge in [0.05, 0.1) is 11.7 Å². The fraction of sp³-hybridized carbons (Fsp3) is 0.818. The van der Waals surface area contributed by atoms with Gasteiger partial charge in [-0.05, 0) is 25.7 Å². The second kappa shape index (κ2) is 5.75. The lowest BCUT2D eigenvalue weighted by Crippen LogP contribution is -2.53. The molecule has 2 N–H and O–H groups in total. The van der Waals surface area contributed by atoms with E-state index in [0.29, 0.717) is 12.4 Å². The Balaban J connectivity index is 1.65. The predicted molar refractivity (Wildman–Crippen MR) is 66.3 cm³/mol. The van der Waals surface area contributed by atoms with Gasteiger partial charge in [-0.1, -0.05) is 6.92 Å². The first-order valence-electron chi connectivity index (χ1n) is 6.07. The van der Waals surface area contributed by atoms with Crippen LogP contribution in [0, 0.1) is 0 Å². The fourth-order valence-electron chi connectivity index (χ4n) is 2.05. The quantitative estimate of drug-likeness (QED) is 0.768. The molecule has 0 aromatic carbocycles. The maximum absolute atomic E-state index is 9.79. The van der Waals surface area contributed by atoms with Crippen molar-refractivity contribution in [3.8, 4) is 5.88 Å². The van der Waals surface area contributed by atoms with Gasteiger partial charge in [-0.25, -0.2) is 0 Å². The Morgan fingerprint density at radius 1 is 1.65 bits per heavy atom. The first kappa shape index (κ1) is 12.7. The van der Waals surface area contributed by atoms with Crippen molar-refractivity contribution in [2.24, 2.45) is 0 Å². The van der Waals surface area contributed by atoms with Gasteiger partial charge in [0.15, 0.2) is 0 Å². The van der Waals surface area contributed by atoms with Gasteiger partial charge in [0.2, 0.25) is 5.88 Å². The number of aliphatic hydroxyl groups is 1. The number of β-amino-alcohol motifs (C(OH)–C–C–N with tert-alkyl or cyclic N) is 1. The third-order valence-corrected chi connectivity index (χ3v) is 3.93. The monoisotopic (exact) mass is 257 g/mol. The molecule has 17 heavy (non-hydrogen) atoms. The van der Waals surface area contributed by atoms with Gasteiger partial charge in [0, 0.05) is 12.1 Å². The van der Waals surface area contributed by atoms with Crippen LogP contribution in [0.4, 0.5) is 0 Å². The second-order valence-electron chi connectivity index (χ2n) is 4.58. The van der Waals surface area contributed by atoms with Crippen molar-refractivity contribution >= 4 is 11.7 Å². The van der Waals surface area contributed by atoms with E-state index in [1.807, 2.05) is 0 Å². The van der Waals surface area contributed by atoms with Crippen molar-refractivity contribution in [1.82, 2.24) is 14.1 Å². The number of aliphatic hydroxyl groups excluding tert-OH is 1. The summed E-state index contributed by atoms with van der Waals surface area (Å²) in [7, 11) is 0. The van der Waals surface area contributed by atoms with Gasteiger partial charge >= 0.3 is 0 Å². The molecule has 1 unspecified atom stereocenters.